The number of benzene rings is 1. The van der Waals surface area contributed by atoms with Crippen LogP contribution < -0.4 is 5.32 Å². The fourth-order valence-electron chi connectivity index (χ4n) is 2.39. The van der Waals surface area contributed by atoms with Crippen LogP contribution in [-0.4, -0.2) is 42.1 Å². The fraction of sp³-hybridized carbons (Fsp3) is 0.500. The lowest BCUT2D eigenvalue weighted by atomic mass is 10.2. The van der Waals surface area contributed by atoms with E-state index in [0.29, 0.717) is 5.13 Å². The van der Waals surface area contributed by atoms with E-state index in [0.717, 1.165) is 43.1 Å². The van der Waals surface area contributed by atoms with Gasteiger partial charge in [-0.1, -0.05) is 31.3 Å². The number of anilines is 1. The van der Waals surface area contributed by atoms with Crippen LogP contribution in [0.25, 0.3) is 10.2 Å². The third-order valence-corrected chi connectivity index (χ3v) is 4.65. The van der Waals surface area contributed by atoms with Crippen molar-refractivity contribution in [2.45, 2.75) is 20.4 Å². The molecule has 2 aromatic rings. The highest BCUT2D eigenvalue weighted by atomic mass is 32.1. The summed E-state index contributed by atoms with van der Waals surface area (Å²) in [5, 5.41) is 3.55. The SMILES string of the molecule is CC(C)C(=O)Nc1nc2ccc(CN3CCOCC3)cc2s1. The van der Waals surface area contributed by atoms with Gasteiger partial charge in [-0.2, -0.15) is 0 Å². The number of carbonyl (C=O) groups excluding carboxylic acids is 1. The zero-order chi connectivity index (χ0) is 15.5. The van der Waals surface area contributed by atoms with Gasteiger partial charge in [0.15, 0.2) is 5.13 Å². The maximum absolute atomic E-state index is 11.8. The number of hydrogen-bond acceptors (Lipinski definition) is 5. The van der Waals surface area contributed by atoms with Crippen molar-refractivity contribution in [3.8, 4) is 0 Å². The van der Waals surface area contributed by atoms with Crippen molar-refractivity contribution in [3.63, 3.8) is 0 Å². The number of rotatable bonds is 4. The van der Waals surface area contributed by atoms with Crippen LogP contribution >= 0.6 is 11.3 Å². The van der Waals surface area contributed by atoms with Crippen LogP contribution in [-0.2, 0) is 16.1 Å². The summed E-state index contributed by atoms with van der Waals surface area (Å²) in [6.07, 6.45) is 0. The largest absolute Gasteiger partial charge is 0.379 e. The molecule has 1 saturated heterocycles. The summed E-state index contributed by atoms with van der Waals surface area (Å²) in [4.78, 5) is 18.6. The highest BCUT2D eigenvalue weighted by Gasteiger charge is 2.13. The van der Waals surface area contributed by atoms with Gasteiger partial charge in [0, 0.05) is 25.6 Å². The molecule has 1 aromatic heterocycles. The highest BCUT2D eigenvalue weighted by molar-refractivity contribution is 7.22. The topological polar surface area (TPSA) is 54.5 Å². The Bertz CT molecular complexity index is 662. The van der Waals surface area contributed by atoms with E-state index in [1.165, 1.54) is 16.9 Å². The Morgan fingerprint density at radius 1 is 1.41 bits per heavy atom. The van der Waals surface area contributed by atoms with Crippen molar-refractivity contribution < 1.29 is 9.53 Å². The highest BCUT2D eigenvalue weighted by Crippen LogP contribution is 2.27. The number of aromatic nitrogens is 1. The van der Waals surface area contributed by atoms with Crippen molar-refractivity contribution >= 4 is 32.6 Å². The smallest absolute Gasteiger partial charge is 0.228 e. The molecule has 6 heteroatoms. The molecule has 1 N–H and O–H groups in total. The zero-order valence-electron chi connectivity index (χ0n) is 13.0. The van der Waals surface area contributed by atoms with E-state index in [1.807, 2.05) is 19.9 Å². The van der Waals surface area contributed by atoms with Crippen molar-refractivity contribution in [1.82, 2.24) is 9.88 Å². The Balaban J connectivity index is 1.73. The molecule has 0 unspecified atom stereocenters. The molecule has 0 bridgehead atoms. The number of thiazole rings is 1. The molecule has 0 saturated carbocycles. The first-order valence-electron chi connectivity index (χ1n) is 7.62. The van der Waals surface area contributed by atoms with Crippen LogP contribution in [0.4, 0.5) is 5.13 Å². The Hall–Kier alpha value is -1.50. The Labute approximate surface area is 134 Å². The van der Waals surface area contributed by atoms with Gasteiger partial charge in [0.05, 0.1) is 23.4 Å². The van der Waals surface area contributed by atoms with E-state index in [2.05, 4.69) is 27.3 Å². The first-order chi connectivity index (χ1) is 10.6. The van der Waals surface area contributed by atoms with Crippen molar-refractivity contribution in [2.24, 2.45) is 5.92 Å². The summed E-state index contributed by atoms with van der Waals surface area (Å²) in [5.74, 6) is -0.0310. The third kappa shape index (κ3) is 3.63. The molecule has 1 aromatic carbocycles. The van der Waals surface area contributed by atoms with Crippen LogP contribution in [0.3, 0.4) is 0 Å². The summed E-state index contributed by atoms with van der Waals surface area (Å²) < 4.78 is 6.49. The van der Waals surface area contributed by atoms with E-state index in [-0.39, 0.29) is 11.8 Å². The lowest BCUT2D eigenvalue weighted by molar-refractivity contribution is -0.118. The number of amides is 1. The van der Waals surface area contributed by atoms with Crippen LogP contribution in [0.15, 0.2) is 18.2 Å². The molecule has 1 aliphatic rings. The molecule has 118 valence electrons. The Morgan fingerprint density at radius 3 is 2.91 bits per heavy atom. The van der Waals surface area contributed by atoms with E-state index in [4.69, 9.17) is 4.74 Å². The number of ether oxygens (including phenoxy) is 1. The number of morpholine rings is 1. The van der Waals surface area contributed by atoms with Gasteiger partial charge in [-0.05, 0) is 17.7 Å². The van der Waals surface area contributed by atoms with E-state index >= 15 is 0 Å². The molecule has 1 amide bonds. The number of hydrogen-bond donors (Lipinski definition) is 1. The Kier molecular flexibility index (Phi) is 4.71. The Morgan fingerprint density at radius 2 is 2.18 bits per heavy atom. The van der Waals surface area contributed by atoms with E-state index < -0.39 is 0 Å². The van der Waals surface area contributed by atoms with E-state index in [9.17, 15) is 4.79 Å². The molecular weight excluding hydrogens is 298 g/mol. The maximum atomic E-state index is 11.8. The van der Waals surface area contributed by atoms with Gasteiger partial charge in [-0.3, -0.25) is 9.69 Å². The van der Waals surface area contributed by atoms with Gasteiger partial charge in [-0.25, -0.2) is 4.98 Å². The predicted molar refractivity (Wildman–Crippen MR) is 89.2 cm³/mol. The molecule has 0 atom stereocenters. The second-order valence-electron chi connectivity index (χ2n) is 5.85. The van der Waals surface area contributed by atoms with Gasteiger partial charge in [-0.15, -0.1) is 0 Å². The molecule has 1 aliphatic heterocycles. The van der Waals surface area contributed by atoms with E-state index in [1.54, 1.807) is 0 Å². The van der Waals surface area contributed by atoms with Gasteiger partial charge >= 0.3 is 0 Å². The number of nitrogens with zero attached hydrogens (tertiary/aromatic N) is 2. The molecule has 22 heavy (non-hydrogen) atoms. The lowest BCUT2D eigenvalue weighted by Crippen LogP contribution is -2.35. The first kappa shape index (κ1) is 15.4. The van der Waals surface area contributed by atoms with Crippen LogP contribution in [0.1, 0.15) is 19.4 Å². The summed E-state index contributed by atoms with van der Waals surface area (Å²) in [6, 6.07) is 6.33. The zero-order valence-corrected chi connectivity index (χ0v) is 13.8. The lowest BCUT2D eigenvalue weighted by Gasteiger charge is -2.26. The minimum absolute atomic E-state index is 0.00703. The minimum Gasteiger partial charge on any atom is -0.379 e. The molecule has 0 aliphatic carbocycles. The summed E-state index contributed by atoms with van der Waals surface area (Å²) in [6.45, 7) is 8.28. The fourth-order valence-corrected chi connectivity index (χ4v) is 3.32. The number of carbonyl (C=O) groups is 1. The second kappa shape index (κ2) is 6.73. The van der Waals surface area contributed by atoms with Gasteiger partial charge < -0.3 is 10.1 Å². The summed E-state index contributed by atoms with van der Waals surface area (Å²) in [5.41, 5.74) is 2.22. The summed E-state index contributed by atoms with van der Waals surface area (Å²) in [7, 11) is 0. The van der Waals surface area contributed by atoms with Crippen molar-refractivity contribution in [2.75, 3.05) is 31.6 Å². The number of nitrogens with one attached hydrogen (secondary N) is 1. The molecule has 3 rings (SSSR count). The maximum Gasteiger partial charge on any atom is 0.228 e. The summed E-state index contributed by atoms with van der Waals surface area (Å²) >= 11 is 1.53. The van der Waals surface area contributed by atoms with Crippen LogP contribution in [0.5, 0.6) is 0 Å². The molecule has 1 fully saturated rings. The molecule has 5 nitrogen and oxygen atoms in total. The predicted octanol–water partition coefficient (Wildman–Crippen LogP) is 2.72. The number of fused-ring (bicyclic) bond motifs is 1. The van der Waals surface area contributed by atoms with Crippen molar-refractivity contribution in [3.05, 3.63) is 23.8 Å². The van der Waals surface area contributed by atoms with Crippen LogP contribution in [0, 0.1) is 5.92 Å². The molecule has 2 heterocycles. The molecule has 0 radical (unpaired) electrons. The molecule has 0 spiro atoms. The van der Waals surface area contributed by atoms with Crippen molar-refractivity contribution in [1.29, 1.82) is 0 Å². The normalized spacial score (nSPS) is 16.3. The first-order valence-corrected chi connectivity index (χ1v) is 8.44. The average molecular weight is 319 g/mol. The van der Waals surface area contributed by atoms with Gasteiger partial charge in [0.1, 0.15) is 0 Å². The minimum atomic E-state index is -0.0381. The van der Waals surface area contributed by atoms with Gasteiger partial charge in [0.25, 0.3) is 0 Å². The third-order valence-electron chi connectivity index (χ3n) is 3.72. The quantitative estimate of drug-likeness (QED) is 0.941. The van der Waals surface area contributed by atoms with Gasteiger partial charge in [0.2, 0.25) is 5.91 Å². The molecular formula is C16H21N3O2S. The standard InChI is InChI=1S/C16H21N3O2S/c1-11(2)15(20)18-16-17-13-4-3-12(9-14(13)22-16)10-19-5-7-21-8-6-19/h3-4,9,11H,5-8,10H2,1-2H3,(H,17,18,20). The second-order valence-corrected chi connectivity index (χ2v) is 6.88. The van der Waals surface area contributed by atoms with Crippen LogP contribution in [0.2, 0.25) is 0 Å². The monoisotopic (exact) mass is 319 g/mol. The average Bonchev–Trinajstić information content (AvgIpc) is 2.89.